The Balaban J connectivity index is 1.60. The van der Waals surface area contributed by atoms with E-state index < -0.39 is 0 Å². The molecule has 0 aliphatic carbocycles. The highest BCUT2D eigenvalue weighted by atomic mass is 16.2. The van der Waals surface area contributed by atoms with Gasteiger partial charge >= 0.3 is 0 Å². The van der Waals surface area contributed by atoms with Gasteiger partial charge in [-0.3, -0.25) is 9.59 Å². The second kappa shape index (κ2) is 5.63. The molecule has 5 heteroatoms. The van der Waals surface area contributed by atoms with Crippen LogP contribution in [0.5, 0.6) is 0 Å². The van der Waals surface area contributed by atoms with Gasteiger partial charge in [0.2, 0.25) is 11.8 Å². The molecule has 1 unspecified atom stereocenters. The SMILES string of the molecule is O=C1CCc2cc(CNC(=O)C3CCCN3)ccc2N1. The van der Waals surface area contributed by atoms with Crippen LogP contribution < -0.4 is 16.0 Å². The van der Waals surface area contributed by atoms with E-state index in [9.17, 15) is 9.59 Å². The summed E-state index contributed by atoms with van der Waals surface area (Å²) in [5, 5.41) is 9.02. The van der Waals surface area contributed by atoms with Gasteiger partial charge in [0, 0.05) is 18.7 Å². The third kappa shape index (κ3) is 2.82. The van der Waals surface area contributed by atoms with E-state index in [1.165, 1.54) is 0 Å². The lowest BCUT2D eigenvalue weighted by Gasteiger charge is -2.18. The third-order valence-electron chi connectivity index (χ3n) is 3.91. The van der Waals surface area contributed by atoms with Crippen LogP contribution in [0.25, 0.3) is 0 Å². The maximum atomic E-state index is 11.9. The van der Waals surface area contributed by atoms with Crippen molar-refractivity contribution in [3.8, 4) is 0 Å². The molecule has 0 spiro atoms. The molecule has 106 valence electrons. The van der Waals surface area contributed by atoms with Crippen molar-refractivity contribution >= 4 is 17.5 Å². The van der Waals surface area contributed by atoms with E-state index in [-0.39, 0.29) is 17.9 Å². The first kappa shape index (κ1) is 13.1. The summed E-state index contributed by atoms with van der Waals surface area (Å²) >= 11 is 0. The van der Waals surface area contributed by atoms with Crippen molar-refractivity contribution in [2.45, 2.75) is 38.3 Å². The van der Waals surface area contributed by atoms with E-state index >= 15 is 0 Å². The number of hydrogen-bond donors (Lipinski definition) is 3. The molecule has 1 aromatic rings. The molecule has 0 bridgehead atoms. The first-order chi connectivity index (χ1) is 9.72. The molecule has 20 heavy (non-hydrogen) atoms. The number of hydrogen-bond acceptors (Lipinski definition) is 3. The van der Waals surface area contributed by atoms with Crippen LogP contribution >= 0.6 is 0 Å². The molecular formula is C15H19N3O2. The van der Waals surface area contributed by atoms with Gasteiger partial charge in [-0.1, -0.05) is 12.1 Å². The molecule has 0 saturated carbocycles. The number of benzene rings is 1. The fourth-order valence-electron chi connectivity index (χ4n) is 2.77. The quantitative estimate of drug-likeness (QED) is 0.767. The van der Waals surface area contributed by atoms with E-state index in [2.05, 4.69) is 22.0 Å². The van der Waals surface area contributed by atoms with Gasteiger partial charge in [-0.05, 0) is 43.0 Å². The first-order valence-corrected chi connectivity index (χ1v) is 7.15. The number of fused-ring (bicyclic) bond motifs is 1. The van der Waals surface area contributed by atoms with Gasteiger partial charge in [0.1, 0.15) is 0 Å². The first-order valence-electron chi connectivity index (χ1n) is 7.15. The van der Waals surface area contributed by atoms with Crippen molar-refractivity contribution in [1.29, 1.82) is 0 Å². The zero-order valence-electron chi connectivity index (χ0n) is 11.4. The minimum Gasteiger partial charge on any atom is -0.351 e. The standard InChI is InChI=1S/C15H19N3O2/c19-14-6-4-11-8-10(3-5-12(11)18-14)9-17-15(20)13-2-1-7-16-13/h3,5,8,13,16H,1-2,4,6-7,9H2,(H,17,20)(H,18,19). The van der Waals surface area contributed by atoms with Crippen LogP contribution in [0, 0.1) is 0 Å². The zero-order valence-corrected chi connectivity index (χ0v) is 11.4. The lowest BCUT2D eigenvalue weighted by Crippen LogP contribution is -2.40. The number of anilines is 1. The van der Waals surface area contributed by atoms with Gasteiger partial charge in [-0.2, -0.15) is 0 Å². The molecule has 2 aliphatic heterocycles. The number of carbonyl (C=O) groups is 2. The number of carbonyl (C=O) groups excluding carboxylic acids is 2. The summed E-state index contributed by atoms with van der Waals surface area (Å²) in [6, 6.07) is 5.90. The Morgan fingerprint density at radius 2 is 2.25 bits per heavy atom. The molecule has 2 aliphatic rings. The summed E-state index contributed by atoms with van der Waals surface area (Å²) in [6.07, 6.45) is 3.29. The second-order valence-electron chi connectivity index (χ2n) is 5.41. The zero-order chi connectivity index (χ0) is 13.9. The summed E-state index contributed by atoms with van der Waals surface area (Å²) < 4.78 is 0. The van der Waals surface area contributed by atoms with Gasteiger partial charge in [0.05, 0.1) is 6.04 Å². The van der Waals surface area contributed by atoms with E-state index in [1.54, 1.807) is 0 Å². The predicted octanol–water partition coefficient (Wildman–Crippen LogP) is 0.939. The van der Waals surface area contributed by atoms with E-state index in [0.29, 0.717) is 13.0 Å². The maximum absolute atomic E-state index is 11.9. The Bertz CT molecular complexity index is 536. The second-order valence-corrected chi connectivity index (χ2v) is 5.41. The topological polar surface area (TPSA) is 70.2 Å². The van der Waals surface area contributed by atoms with Gasteiger partial charge in [-0.15, -0.1) is 0 Å². The average molecular weight is 273 g/mol. The Hall–Kier alpha value is -1.88. The Morgan fingerprint density at radius 1 is 1.35 bits per heavy atom. The average Bonchev–Trinajstić information content (AvgIpc) is 2.99. The normalized spacial score (nSPS) is 21.2. The number of nitrogens with one attached hydrogen (secondary N) is 3. The molecule has 2 heterocycles. The van der Waals surface area contributed by atoms with Crippen LogP contribution in [0.1, 0.15) is 30.4 Å². The summed E-state index contributed by atoms with van der Waals surface area (Å²) in [5.74, 6) is 0.152. The van der Waals surface area contributed by atoms with Crippen molar-refractivity contribution in [2.24, 2.45) is 0 Å². The Morgan fingerprint density at radius 3 is 3.05 bits per heavy atom. The molecule has 1 atom stereocenters. The Labute approximate surface area is 118 Å². The number of aryl methyl sites for hydroxylation is 1. The fourth-order valence-corrected chi connectivity index (χ4v) is 2.77. The third-order valence-corrected chi connectivity index (χ3v) is 3.91. The summed E-state index contributed by atoms with van der Waals surface area (Å²) in [7, 11) is 0. The smallest absolute Gasteiger partial charge is 0.237 e. The minimum atomic E-state index is -0.0353. The van der Waals surface area contributed by atoms with E-state index in [4.69, 9.17) is 0 Å². The molecule has 3 N–H and O–H groups in total. The fraction of sp³-hybridized carbons (Fsp3) is 0.467. The molecular weight excluding hydrogens is 254 g/mol. The van der Waals surface area contributed by atoms with Crippen molar-refractivity contribution in [1.82, 2.24) is 10.6 Å². The highest BCUT2D eigenvalue weighted by Gasteiger charge is 2.21. The van der Waals surface area contributed by atoms with Crippen LogP contribution in [0.4, 0.5) is 5.69 Å². The lowest BCUT2D eigenvalue weighted by molar-refractivity contribution is -0.123. The van der Waals surface area contributed by atoms with Crippen LogP contribution in [0.3, 0.4) is 0 Å². The molecule has 1 aromatic carbocycles. The van der Waals surface area contributed by atoms with Crippen LogP contribution in [-0.4, -0.2) is 24.4 Å². The maximum Gasteiger partial charge on any atom is 0.237 e. The summed E-state index contributed by atoms with van der Waals surface area (Å²) in [4.78, 5) is 23.2. The molecule has 1 saturated heterocycles. The largest absolute Gasteiger partial charge is 0.351 e. The number of amides is 2. The van der Waals surface area contributed by atoms with Gasteiger partial charge in [-0.25, -0.2) is 0 Å². The van der Waals surface area contributed by atoms with Crippen molar-refractivity contribution in [3.63, 3.8) is 0 Å². The summed E-state index contributed by atoms with van der Waals surface area (Å²) in [6.45, 7) is 1.47. The Kier molecular flexibility index (Phi) is 3.69. The predicted molar refractivity (Wildman–Crippen MR) is 76.3 cm³/mol. The lowest BCUT2D eigenvalue weighted by atomic mass is 10.0. The van der Waals surface area contributed by atoms with E-state index in [1.807, 2.05) is 12.1 Å². The van der Waals surface area contributed by atoms with Crippen LogP contribution in [0.15, 0.2) is 18.2 Å². The van der Waals surface area contributed by atoms with Crippen LogP contribution in [0.2, 0.25) is 0 Å². The molecule has 1 fully saturated rings. The van der Waals surface area contributed by atoms with Gasteiger partial charge in [0.25, 0.3) is 0 Å². The highest BCUT2D eigenvalue weighted by Crippen LogP contribution is 2.23. The van der Waals surface area contributed by atoms with Crippen molar-refractivity contribution in [2.75, 3.05) is 11.9 Å². The van der Waals surface area contributed by atoms with Gasteiger partial charge < -0.3 is 16.0 Å². The van der Waals surface area contributed by atoms with Crippen molar-refractivity contribution in [3.05, 3.63) is 29.3 Å². The molecule has 2 amide bonds. The molecule has 3 rings (SSSR count). The summed E-state index contributed by atoms with van der Waals surface area (Å²) in [5.41, 5.74) is 3.12. The monoisotopic (exact) mass is 273 g/mol. The molecule has 0 aromatic heterocycles. The minimum absolute atomic E-state index is 0.0353. The molecule has 0 radical (unpaired) electrons. The van der Waals surface area contributed by atoms with Crippen LogP contribution in [-0.2, 0) is 22.6 Å². The number of rotatable bonds is 3. The highest BCUT2D eigenvalue weighted by molar-refractivity contribution is 5.93. The van der Waals surface area contributed by atoms with E-state index in [0.717, 1.165) is 42.6 Å². The molecule has 5 nitrogen and oxygen atoms in total. The van der Waals surface area contributed by atoms with Gasteiger partial charge in [0.15, 0.2) is 0 Å². The van der Waals surface area contributed by atoms with Crippen molar-refractivity contribution < 1.29 is 9.59 Å².